The first-order valence-corrected chi connectivity index (χ1v) is 8.05. The van der Waals surface area contributed by atoms with Gasteiger partial charge in [0, 0.05) is 37.4 Å². The first-order chi connectivity index (χ1) is 11.1. The second-order valence-corrected chi connectivity index (χ2v) is 5.90. The topological polar surface area (TPSA) is 69.6 Å². The third-order valence-corrected chi connectivity index (χ3v) is 4.03. The normalized spacial score (nSPS) is 17.6. The predicted octanol–water partition coefficient (Wildman–Crippen LogP) is 2.44. The van der Waals surface area contributed by atoms with E-state index in [4.69, 9.17) is 0 Å². The van der Waals surface area contributed by atoms with Gasteiger partial charge in [-0.3, -0.25) is 9.59 Å². The van der Waals surface area contributed by atoms with Crippen molar-refractivity contribution in [2.24, 2.45) is 5.92 Å². The molecule has 1 saturated heterocycles. The van der Waals surface area contributed by atoms with Gasteiger partial charge in [0.15, 0.2) is 0 Å². The third kappa shape index (κ3) is 4.93. The van der Waals surface area contributed by atoms with Crippen LogP contribution in [0.3, 0.4) is 0 Å². The molecule has 0 aromatic heterocycles. The molecule has 5 heteroatoms. The van der Waals surface area contributed by atoms with Crippen LogP contribution in [0, 0.1) is 5.92 Å². The Hall–Kier alpha value is -2.14. The lowest BCUT2D eigenvalue weighted by Crippen LogP contribution is -2.40. The van der Waals surface area contributed by atoms with E-state index in [0.717, 1.165) is 12.8 Å². The van der Waals surface area contributed by atoms with E-state index in [1.807, 2.05) is 0 Å². The van der Waals surface area contributed by atoms with Crippen molar-refractivity contribution in [1.82, 2.24) is 4.90 Å². The van der Waals surface area contributed by atoms with Crippen LogP contribution in [0.4, 0.5) is 5.69 Å². The van der Waals surface area contributed by atoms with E-state index in [0.29, 0.717) is 37.2 Å². The van der Waals surface area contributed by atoms with E-state index in [1.54, 1.807) is 35.2 Å². The summed E-state index contributed by atoms with van der Waals surface area (Å²) in [6.45, 7) is 5.01. The lowest BCUT2D eigenvalue weighted by atomic mass is 9.98. The van der Waals surface area contributed by atoms with Gasteiger partial charge in [0.05, 0.1) is 0 Å². The predicted molar refractivity (Wildman–Crippen MR) is 90.2 cm³/mol. The Morgan fingerprint density at radius 3 is 3.00 bits per heavy atom. The highest BCUT2D eigenvalue weighted by atomic mass is 16.3. The summed E-state index contributed by atoms with van der Waals surface area (Å²) in [6, 6.07) is 7.00. The zero-order valence-corrected chi connectivity index (χ0v) is 13.3. The number of hydrogen-bond donors (Lipinski definition) is 2. The van der Waals surface area contributed by atoms with E-state index in [9.17, 15) is 14.7 Å². The quantitative estimate of drug-likeness (QED) is 0.792. The molecule has 0 radical (unpaired) electrons. The maximum Gasteiger partial charge on any atom is 0.253 e. The van der Waals surface area contributed by atoms with Crippen molar-refractivity contribution in [2.75, 3.05) is 25.0 Å². The molecule has 0 saturated carbocycles. The van der Waals surface area contributed by atoms with Crippen LogP contribution in [-0.4, -0.2) is 41.5 Å². The molecular weight excluding hydrogens is 292 g/mol. The Bertz CT molecular complexity index is 571. The number of benzene rings is 1. The number of allylic oxidation sites excluding steroid dienone is 1. The van der Waals surface area contributed by atoms with Crippen LogP contribution in [-0.2, 0) is 4.79 Å². The summed E-state index contributed by atoms with van der Waals surface area (Å²) in [5.74, 6) is 0.0210. The van der Waals surface area contributed by atoms with Gasteiger partial charge in [-0.25, -0.2) is 0 Å². The Labute approximate surface area is 137 Å². The molecule has 124 valence electrons. The Morgan fingerprint density at radius 1 is 1.43 bits per heavy atom. The fourth-order valence-corrected chi connectivity index (χ4v) is 2.77. The van der Waals surface area contributed by atoms with Gasteiger partial charge in [-0.05, 0) is 43.4 Å². The summed E-state index contributed by atoms with van der Waals surface area (Å²) >= 11 is 0. The molecule has 2 N–H and O–H groups in total. The van der Waals surface area contributed by atoms with Crippen LogP contribution in [0.5, 0.6) is 0 Å². The van der Waals surface area contributed by atoms with Crippen LogP contribution in [0.15, 0.2) is 36.9 Å². The largest absolute Gasteiger partial charge is 0.396 e. The molecular formula is C18H24N2O3. The van der Waals surface area contributed by atoms with Gasteiger partial charge in [0.1, 0.15) is 0 Å². The Kier molecular flexibility index (Phi) is 6.35. The number of amides is 2. The van der Waals surface area contributed by atoms with Gasteiger partial charge in [-0.15, -0.1) is 6.58 Å². The standard InChI is InChI=1S/C18H24N2O3/c1-2-3-9-17(22)19-16-8-4-7-15(11-16)18(23)20-10-5-6-14(12-20)13-21/h2,4,7-8,11,14,21H,1,3,5-6,9-10,12-13H2,(H,19,22). The highest BCUT2D eigenvalue weighted by molar-refractivity contribution is 5.97. The highest BCUT2D eigenvalue weighted by Crippen LogP contribution is 2.19. The van der Waals surface area contributed by atoms with Gasteiger partial charge >= 0.3 is 0 Å². The van der Waals surface area contributed by atoms with E-state index in [-0.39, 0.29) is 24.3 Å². The highest BCUT2D eigenvalue weighted by Gasteiger charge is 2.24. The van der Waals surface area contributed by atoms with Crippen LogP contribution >= 0.6 is 0 Å². The van der Waals surface area contributed by atoms with Crippen molar-refractivity contribution in [3.8, 4) is 0 Å². The number of carbonyl (C=O) groups is 2. The summed E-state index contributed by atoms with van der Waals surface area (Å²) in [6.07, 6.45) is 4.58. The molecule has 1 aromatic carbocycles. The number of nitrogens with one attached hydrogen (secondary N) is 1. The Balaban J connectivity index is 2.02. The minimum Gasteiger partial charge on any atom is -0.396 e. The summed E-state index contributed by atoms with van der Waals surface area (Å²) in [4.78, 5) is 26.1. The first-order valence-electron chi connectivity index (χ1n) is 8.05. The number of aliphatic hydroxyl groups excluding tert-OH is 1. The molecule has 0 aliphatic carbocycles. The first kappa shape index (κ1) is 17.2. The maximum atomic E-state index is 12.6. The van der Waals surface area contributed by atoms with E-state index in [2.05, 4.69) is 11.9 Å². The minimum atomic E-state index is -0.0900. The maximum absolute atomic E-state index is 12.6. The summed E-state index contributed by atoms with van der Waals surface area (Å²) in [5, 5.41) is 12.1. The number of rotatable bonds is 6. The molecule has 23 heavy (non-hydrogen) atoms. The van der Waals surface area contributed by atoms with Gasteiger partial charge < -0.3 is 15.3 Å². The lowest BCUT2D eigenvalue weighted by Gasteiger charge is -2.32. The lowest BCUT2D eigenvalue weighted by molar-refractivity contribution is -0.116. The molecule has 1 heterocycles. The molecule has 1 fully saturated rings. The molecule has 1 atom stereocenters. The number of hydrogen-bond acceptors (Lipinski definition) is 3. The van der Waals surface area contributed by atoms with Gasteiger partial charge in [0.25, 0.3) is 5.91 Å². The van der Waals surface area contributed by atoms with Crippen molar-refractivity contribution < 1.29 is 14.7 Å². The van der Waals surface area contributed by atoms with Gasteiger partial charge in [-0.2, -0.15) is 0 Å². The average Bonchev–Trinajstić information content (AvgIpc) is 2.59. The summed E-state index contributed by atoms with van der Waals surface area (Å²) in [5.41, 5.74) is 1.19. The molecule has 0 spiro atoms. The second kappa shape index (κ2) is 8.48. The van der Waals surface area contributed by atoms with Crippen LogP contribution in [0.1, 0.15) is 36.0 Å². The molecule has 1 aliphatic rings. The molecule has 5 nitrogen and oxygen atoms in total. The fraction of sp³-hybridized carbons (Fsp3) is 0.444. The molecule has 2 rings (SSSR count). The van der Waals surface area contributed by atoms with Crippen LogP contribution < -0.4 is 5.32 Å². The second-order valence-electron chi connectivity index (χ2n) is 5.90. The average molecular weight is 316 g/mol. The van der Waals surface area contributed by atoms with Crippen LogP contribution in [0.25, 0.3) is 0 Å². The van der Waals surface area contributed by atoms with Crippen molar-refractivity contribution in [2.45, 2.75) is 25.7 Å². The number of nitrogens with zero attached hydrogens (tertiary/aromatic N) is 1. The van der Waals surface area contributed by atoms with Crippen molar-refractivity contribution in [3.05, 3.63) is 42.5 Å². The SMILES string of the molecule is C=CCCC(=O)Nc1cccc(C(=O)N2CCCC(CO)C2)c1. The van der Waals surface area contributed by atoms with E-state index < -0.39 is 0 Å². The summed E-state index contributed by atoms with van der Waals surface area (Å²) < 4.78 is 0. The van der Waals surface area contributed by atoms with Gasteiger partial charge in [0.2, 0.25) is 5.91 Å². The summed E-state index contributed by atoms with van der Waals surface area (Å²) in [7, 11) is 0. The third-order valence-electron chi connectivity index (χ3n) is 4.03. The number of anilines is 1. The zero-order chi connectivity index (χ0) is 16.7. The number of likely N-dealkylation sites (tertiary alicyclic amines) is 1. The van der Waals surface area contributed by atoms with E-state index >= 15 is 0 Å². The van der Waals surface area contributed by atoms with Gasteiger partial charge in [-0.1, -0.05) is 12.1 Å². The minimum absolute atomic E-state index is 0.0506. The number of carbonyl (C=O) groups excluding carboxylic acids is 2. The molecule has 0 bridgehead atoms. The monoisotopic (exact) mass is 316 g/mol. The fourth-order valence-electron chi connectivity index (χ4n) is 2.77. The van der Waals surface area contributed by atoms with E-state index in [1.165, 1.54) is 0 Å². The Morgan fingerprint density at radius 2 is 2.26 bits per heavy atom. The molecule has 2 amide bonds. The molecule has 1 unspecified atom stereocenters. The number of piperidine rings is 1. The molecule has 1 aliphatic heterocycles. The van der Waals surface area contributed by atoms with Crippen LogP contribution in [0.2, 0.25) is 0 Å². The molecule has 1 aromatic rings. The smallest absolute Gasteiger partial charge is 0.253 e. The van der Waals surface area contributed by atoms with Crippen molar-refractivity contribution in [1.29, 1.82) is 0 Å². The number of aliphatic hydroxyl groups is 1. The zero-order valence-electron chi connectivity index (χ0n) is 13.3. The van der Waals surface area contributed by atoms with Crippen molar-refractivity contribution >= 4 is 17.5 Å². The van der Waals surface area contributed by atoms with Crippen molar-refractivity contribution in [3.63, 3.8) is 0 Å².